The minimum Gasteiger partial charge on any atom is -0.454 e. The van der Waals surface area contributed by atoms with Gasteiger partial charge in [-0.1, -0.05) is 12.1 Å². The van der Waals surface area contributed by atoms with Crippen LogP contribution in [0.25, 0.3) is 11.0 Å². The summed E-state index contributed by atoms with van der Waals surface area (Å²) in [5.74, 6) is -0.290. The van der Waals surface area contributed by atoms with Crippen LogP contribution in [0.3, 0.4) is 0 Å². The van der Waals surface area contributed by atoms with Gasteiger partial charge in [0.05, 0.1) is 4.47 Å². The van der Waals surface area contributed by atoms with E-state index in [9.17, 15) is 8.78 Å². The van der Waals surface area contributed by atoms with Crippen molar-refractivity contribution < 1.29 is 13.2 Å². The van der Waals surface area contributed by atoms with Crippen LogP contribution in [0, 0.1) is 0 Å². The molecule has 0 saturated heterocycles. The van der Waals surface area contributed by atoms with Crippen LogP contribution >= 0.6 is 15.9 Å². The fraction of sp³-hybridized carbons (Fsp3) is 0.111. The van der Waals surface area contributed by atoms with E-state index in [1.165, 1.54) is 6.07 Å². The zero-order chi connectivity index (χ0) is 9.42. The molecular weight excluding hydrogens is 242 g/mol. The van der Waals surface area contributed by atoms with Crippen molar-refractivity contribution >= 4 is 26.9 Å². The predicted octanol–water partition coefficient (Wildman–Crippen LogP) is 4.13. The van der Waals surface area contributed by atoms with Crippen molar-refractivity contribution in [1.29, 1.82) is 0 Å². The number of fused-ring (bicyclic) bond motifs is 1. The Balaban J connectivity index is 2.68. The van der Waals surface area contributed by atoms with Crippen molar-refractivity contribution in [3.63, 3.8) is 0 Å². The molecule has 0 amide bonds. The van der Waals surface area contributed by atoms with Gasteiger partial charge in [0.1, 0.15) is 5.58 Å². The van der Waals surface area contributed by atoms with E-state index >= 15 is 0 Å². The summed E-state index contributed by atoms with van der Waals surface area (Å²) < 4.78 is 30.1. The molecule has 13 heavy (non-hydrogen) atoms. The highest BCUT2D eigenvalue weighted by Crippen LogP contribution is 2.31. The lowest BCUT2D eigenvalue weighted by Gasteiger charge is -1.91. The molecule has 1 aromatic heterocycles. The molecule has 2 aromatic rings. The first-order chi connectivity index (χ1) is 6.18. The van der Waals surface area contributed by atoms with E-state index in [1.54, 1.807) is 18.2 Å². The molecule has 0 aliphatic rings. The maximum absolute atomic E-state index is 12.2. The summed E-state index contributed by atoms with van der Waals surface area (Å²) in [6, 6.07) is 6.61. The topological polar surface area (TPSA) is 13.1 Å². The quantitative estimate of drug-likeness (QED) is 0.738. The number of benzene rings is 1. The molecule has 0 N–H and O–H groups in total. The highest BCUT2D eigenvalue weighted by Gasteiger charge is 2.14. The molecule has 0 unspecified atom stereocenters. The summed E-state index contributed by atoms with van der Waals surface area (Å²) in [6.07, 6.45) is -2.56. The van der Waals surface area contributed by atoms with E-state index in [4.69, 9.17) is 4.42 Å². The molecule has 1 aromatic carbocycles. The van der Waals surface area contributed by atoms with Gasteiger partial charge in [-0.15, -0.1) is 0 Å². The largest absolute Gasteiger partial charge is 0.454 e. The van der Waals surface area contributed by atoms with Crippen LogP contribution in [-0.2, 0) is 0 Å². The van der Waals surface area contributed by atoms with E-state index in [0.717, 1.165) is 0 Å². The van der Waals surface area contributed by atoms with Gasteiger partial charge in [0, 0.05) is 5.39 Å². The van der Waals surface area contributed by atoms with Gasteiger partial charge in [-0.3, -0.25) is 0 Å². The fourth-order valence-electron chi connectivity index (χ4n) is 1.15. The first-order valence-electron chi connectivity index (χ1n) is 3.64. The van der Waals surface area contributed by atoms with Gasteiger partial charge in [-0.2, -0.15) is 0 Å². The molecule has 1 nitrogen and oxygen atoms in total. The number of furan rings is 1. The van der Waals surface area contributed by atoms with Gasteiger partial charge >= 0.3 is 0 Å². The summed E-state index contributed by atoms with van der Waals surface area (Å²) in [6.45, 7) is 0. The number of hydrogen-bond acceptors (Lipinski definition) is 1. The van der Waals surface area contributed by atoms with E-state index in [1.807, 2.05) is 0 Å². The fourth-order valence-corrected chi connectivity index (χ4v) is 1.62. The van der Waals surface area contributed by atoms with Gasteiger partial charge in [0.25, 0.3) is 6.43 Å². The smallest absolute Gasteiger partial charge is 0.295 e. The third-order valence-electron chi connectivity index (χ3n) is 1.73. The Morgan fingerprint density at radius 1 is 1.31 bits per heavy atom. The minimum atomic E-state index is -2.56. The second-order valence-corrected chi connectivity index (χ2v) is 3.46. The van der Waals surface area contributed by atoms with Gasteiger partial charge < -0.3 is 4.42 Å². The van der Waals surface area contributed by atoms with E-state index < -0.39 is 6.43 Å². The van der Waals surface area contributed by atoms with Crippen molar-refractivity contribution in [2.75, 3.05) is 0 Å². The van der Waals surface area contributed by atoms with Gasteiger partial charge in [-0.05, 0) is 28.1 Å². The highest BCUT2D eigenvalue weighted by molar-refractivity contribution is 9.10. The first-order valence-corrected chi connectivity index (χ1v) is 4.44. The predicted molar refractivity (Wildman–Crippen MR) is 48.9 cm³/mol. The number of alkyl halides is 2. The average Bonchev–Trinajstić information content (AvgIpc) is 2.49. The number of para-hydroxylation sites is 1. The molecule has 4 heteroatoms. The summed E-state index contributed by atoms with van der Waals surface area (Å²) in [5, 5.41) is 0.685. The summed E-state index contributed by atoms with van der Waals surface area (Å²) in [4.78, 5) is 0. The molecule has 0 fully saturated rings. The standard InChI is InChI=1S/C9H5BrF2O/c10-6-3-1-2-5-4-7(9(11)12)13-8(5)6/h1-4,9H. The Labute approximate surface area is 81.5 Å². The van der Waals surface area contributed by atoms with Crippen molar-refractivity contribution in [3.8, 4) is 0 Å². The van der Waals surface area contributed by atoms with Gasteiger partial charge in [-0.25, -0.2) is 8.78 Å². The minimum absolute atomic E-state index is 0.290. The van der Waals surface area contributed by atoms with Crippen LogP contribution < -0.4 is 0 Å². The van der Waals surface area contributed by atoms with Crippen molar-refractivity contribution in [2.24, 2.45) is 0 Å². The zero-order valence-electron chi connectivity index (χ0n) is 6.43. The lowest BCUT2D eigenvalue weighted by atomic mass is 10.2. The van der Waals surface area contributed by atoms with E-state index in [2.05, 4.69) is 15.9 Å². The van der Waals surface area contributed by atoms with Crippen LogP contribution in [-0.4, -0.2) is 0 Å². The van der Waals surface area contributed by atoms with Gasteiger partial charge in [0.15, 0.2) is 5.76 Å². The van der Waals surface area contributed by atoms with Crippen LogP contribution in [0.2, 0.25) is 0 Å². The second kappa shape index (κ2) is 3.10. The molecule has 0 aliphatic heterocycles. The third kappa shape index (κ3) is 1.46. The van der Waals surface area contributed by atoms with Crippen molar-refractivity contribution in [3.05, 3.63) is 34.5 Å². The van der Waals surface area contributed by atoms with Crippen LogP contribution in [0.5, 0.6) is 0 Å². The van der Waals surface area contributed by atoms with E-state index in [-0.39, 0.29) is 5.76 Å². The summed E-state index contributed by atoms with van der Waals surface area (Å²) >= 11 is 3.22. The second-order valence-electron chi connectivity index (χ2n) is 2.61. The Hall–Kier alpha value is -0.900. The summed E-state index contributed by atoms with van der Waals surface area (Å²) in [5.41, 5.74) is 0.470. The molecule has 2 rings (SSSR count). The molecular formula is C9H5BrF2O. The lowest BCUT2D eigenvalue weighted by Crippen LogP contribution is -1.75. The lowest BCUT2D eigenvalue weighted by molar-refractivity contribution is 0.124. The van der Waals surface area contributed by atoms with Gasteiger partial charge in [0.2, 0.25) is 0 Å². The van der Waals surface area contributed by atoms with Crippen molar-refractivity contribution in [1.82, 2.24) is 0 Å². The molecule has 0 saturated carbocycles. The number of hydrogen-bond donors (Lipinski definition) is 0. The first kappa shape index (κ1) is 8.69. The number of rotatable bonds is 1. The normalized spacial score (nSPS) is 11.4. The molecule has 0 spiro atoms. The van der Waals surface area contributed by atoms with Crippen LogP contribution in [0.4, 0.5) is 8.78 Å². The number of halogens is 3. The Morgan fingerprint density at radius 3 is 2.69 bits per heavy atom. The molecule has 0 aliphatic carbocycles. The summed E-state index contributed by atoms with van der Waals surface area (Å²) in [7, 11) is 0. The molecule has 0 radical (unpaired) electrons. The highest BCUT2D eigenvalue weighted by atomic mass is 79.9. The Kier molecular flexibility index (Phi) is 2.07. The molecule has 0 atom stereocenters. The molecule has 0 bridgehead atoms. The Morgan fingerprint density at radius 2 is 2.08 bits per heavy atom. The molecule has 68 valence electrons. The Bertz CT molecular complexity index is 436. The van der Waals surface area contributed by atoms with Crippen LogP contribution in [0.15, 0.2) is 33.2 Å². The van der Waals surface area contributed by atoms with Crippen molar-refractivity contribution in [2.45, 2.75) is 6.43 Å². The molecule has 1 heterocycles. The van der Waals surface area contributed by atoms with E-state index in [0.29, 0.717) is 15.4 Å². The maximum Gasteiger partial charge on any atom is 0.295 e. The SMILES string of the molecule is FC(F)c1cc2cccc(Br)c2o1. The third-order valence-corrected chi connectivity index (χ3v) is 2.35. The monoisotopic (exact) mass is 246 g/mol. The average molecular weight is 247 g/mol. The van der Waals surface area contributed by atoms with Crippen LogP contribution in [0.1, 0.15) is 12.2 Å². The maximum atomic E-state index is 12.2. The zero-order valence-corrected chi connectivity index (χ0v) is 8.01.